The van der Waals surface area contributed by atoms with Crippen LogP contribution in [0.5, 0.6) is 5.75 Å². The Bertz CT molecular complexity index is 1340. The highest BCUT2D eigenvalue weighted by atomic mass is 32.2. The number of aliphatic hydroxyl groups is 1. The minimum Gasteiger partial charge on any atom is -0.493 e. The Hall–Kier alpha value is -2.60. The molecule has 2 saturated heterocycles. The monoisotopic (exact) mass is 528 g/mol. The van der Waals surface area contributed by atoms with E-state index in [1.165, 1.54) is 0 Å². The second kappa shape index (κ2) is 11.0. The van der Waals surface area contributed by atoms with Gasteiger partial charge >= 0.3 is 0 Å². The maximum Gasteiger partial charge on any atom is 0.277 e. The van der Waals surface area contributed by atoms with Crippen molar-refractivity contribution in [2.75, 3.05) is 45.9 Å². The molecule has 0 aliphatic carbocycles. The first-order valence-electron chi connectivity index (χ1n) is 13.1. The Balaban J connectivity index is 1.36. The zero-order chi connectivity index (χ0) is 26.1. The summed E-state index contributed by atoms with van der Waals surface area (Å²) >= 11 is 0. The number of aromatic amines is 1. The molecule has 0 radical (unpaired) electrons. The lowest BCUT2D eigenvalue weighted by molar-refractivity contribution is 0.0402. The van der Waals surface area contributed by atoms with Crippen LogP contribution in [0.4, 0.5) is 0 Å². The molecule has 1 atom stereocenters. The molecule has 2 aliphatic rings. The molecule has 1 aromatic carbocycles. The molecule has 3 aromatic rings. The number of benzene rings is 1. The average Bonchev–Trinajstić information content (AvgIpc) is 3.15. The van der Waals surface area contributed by atoms with E-state index in [1.807, 2.05) is 29.4 Å². The van der Waals surface area contributed by atoms with Crippen molar-refractivity contribution in [3.63, 3.8) is 0 Å². The zero-order valence-electron chi connectivity index (χ0n) is 21.8. The highest BCUT2D eigenvalue weighted by molar-refractivity contribution is 7.82. The number of rotatable bonds is 11. The maximum absolute atomic E-state index is 13.4. The van der Waals surface area contributed by atoms with Gasteiger partial charge < -0.3 is 19.7 Å². The Morgan fingerprint density at radius 3 is 2.68 bits per heavy atom. The number of fused-ring (bicyclic) bond motifs is 1. The van der Waals surface area contributed by atoms with Crippen molar-refractivity contribution in [3.8, 4) is 17.1 Å². The second-order valence-corrected chi connectivity index (χ2v) is 11.6. The van der Waals surface area contributed by atoms with E-state index in [1.54, 1.807) is 11.7 Å². The highest BCUT2D eigenvalue weighted by Crippen LogP contribution is 2.33. The Kier molecular flexibility index (Phi) is 7.75. The SMILES string of the molecule is CCCc1nn(C)c2c(=O)[nH]c(-c3cc(S(=O)N4CC(CN5CC(CCO)C5)C4)ccc3OCC)nc12. The van der Waals surface area contributed by atoms with E-state index < -0.39 is 11.0 Å². The molecule has 11 heteroatoms. The largest absolute Gasteiger partial charge is 0.493 e. The number of ether oxygens (including phenoxy) is 1. The molecule has 0 bridgehead atoms. The van der Waals surface area contributed by atoms with Gasteiger partial charge in [-0.15, -0.1) is 0 Å². The van der Waals surface area contributed by atoms with E-state index in [0.29, 0.717) is 51.5 Å². The summed E-state index contributed by atoms with van der Waals surface area (Å²) in [7, 11) is 0.440. The van der Waals surface area contributed by atoms with Crippen LogP contribution in [0, 0.1) is 11.8 Å². The molecule has 1 unspecified atom stereocenters. The van der Waals surface area contributed by atoms with E-state index >= 15 is 0 Å². The molecule has 4 heterocycles. The van der Waals surface area contributed by atoms with Crippen molar-refractivity contribution in [1.29, 1.82) is 0 Å². The average molecular weight is 529 g/mol. The molecule has 2 fully saturated rings. The molecule has 10 nitrogen and oxygen atoms in total. The van der Waals surface area contributed by atoms with Gasteiger partial charge in [-0.05, 0) is 49.8 Å². The van der Waals surface area contributed by atoms with Gasteiger partial charge in [-0.3, -0.25) is 9.48 Å². The van der Waals surface area contributed by atoms with Crippen LogP contribution in [0.1, 0.15) is 32.4 Å². The number of hydrogen-bond acceptors (Lipinski definition) is 7. The van der Waals surface area contributed by atoms with Crippen molar-refractivity contribution in [2.24, 2.45) is 18.9 Å². The third kappa shape index (κ3) is 5.22. The molecule has 2 aliphatic heterocycles. The van der Waals surface area contributed by atoms with E-state index in [9.17, 15) is 9.00 Å². The van der Waals surface area contributed by atoms with E-state index in [4.69, 9.17) is 14.8 Å². The Morgan fingerprint density at radius 2 is 1.97 bits per heavy atom. The minimum absolute atomic E-state index is 0.260. The van der Waals surface area contributed by atoms with Crippen LogP contribution >= 0.6 is 0 Å². The fraction of sp³-hybridized carbons (Fsp3) is 0.577. The number of aliphatic hydroxyl groups excluding tert-OH is 1. The molecule has 0 spiro atoms. The van der Waals surface area contributed by atoms with Crippen LogP contribution in [0.25, 0.3) is 22.4 Å². The minimum atomic E-state index is -1.31. The number of nitrogens with zero attached hydrogens (tertiary/aromatic N) is 5. The summed E-state index contributed by atoms with van der Waals surface area (Å²) in [5.41, 5.74) is 2.19. The lowest BCUT2D eigenvalue weighted by atomic mass is 9.93. The van der Waals surface area contributed by atoms with Gasteiger partial charge in [0.25, 0.3) is 5.56 Å². The third-order valence-corrected chi connectivity index (χ3v) is 8.63. The van der Waals surface area contributed by atoms with Crippen molar-refractivity contribution < 1.29 is 14.1 Å². The van der Waals surface area contributed by atoms with Gasteiger partial charge in [0, 0.05) is 46.4 Å². The summed E-state index contributed by atoms with van der Waals surface area (Å²) in [6, 6.07) is 5.46. The van der Waals surface area contributed by atoms with Gasteiger partial charge in [-0.25, -0.2) is 13.5 Å². The predicted octanol–water partition coefficient (Wildman–Crippen LogP) is 1.94. The maximum atomic E-state index is 13.4. The van der Waals surface area contributed by atoms with E-state index in [0.717, 1.165) is 57.7 Å². The number of likely N-dealkylation sites (tertiary alicyclic amines) is 1. The van der Waals surface area contributed by atoms with Gasteiger partial charge in [-0.1, -0.05) is 13.3 Å². The fourth-order valence-electron chi connectivity index (χ4n) is 5.34. The quantitative estimate of drug-likeness (QED) is 0.391. The molecular formula is C26H36N6O4S. The fourth-order valence-corrected chi connectivity index (χ4v) is 6.74. The normalized spacial score (nSPS) is 18.2. The smallest absolute Gasteiger partial charge is 0.277 e. The topological polar surface area (TPSA) is 117 Å². The standard InChI is InChI=1S/C26H36N6O4S/c1-4-6-21-23-24(30(3)29-21)26(34)28-25(27-23)20-11-19(7-8-22(20)36-5-2)37(35)32-15-18(16-32)14-31-12-17(13-31)9-10-33/h7-8,11,17-18,33H,4-6,9-10,12-16H2,1-3H3,(H,27,28,34). The first kappa shape index (κ1) is 26.0. The van der Waals surface area contributed by atoms with Crippen LogP contribution in [0.2, 0.25) is 0 Å². The number of aryl methyl sites for hydroxylation is 2. The van der Waals surface area contributed by atoms with Crippen LogP contribution in [0.3, 0.4) is 0 Å². The van der Waals surface area contributed by atoms with Crippen LogP contribution in [0.15, 0.2) is 27.9 Å². The second-order valence-electron chi connectivity index (χ2n) is 10.1. The summed E-state index contributed by atoms with van der Waals surface area (Å²) < 4.78 is 22.8. The van der Waals surface area contributed by atoms with Gasteiger partial charge in [-0.2, -0.15) is 5.10 Å². The molecule has 200 valence electrons. The van der Waals surface area contributed by atoms with Gasteiger partial charge in [0.2, 0.25) is 0 Å². The lowest BCUT2D eigenvalue weighted by Crippen LogP contribution is -2.56. The van der Waals surface area contributed by atoms with Crippen molar-refractivity contribution in [1.82, 2.24) is 29.0 Å². The van der Waals surface area contributed by atoms with Crippen LogP contribution in [-0.4, -0.2) is 84.2 Å². The van der Waals surface area contributed by atoms with Gasteiger partial charge in [0.05, 0.1) is 22.8 Å². The molecule has 0 amide bonds. The number of hydrogen-bond donors (Lipinski definition) is 2. The van der Waals surface area contributed by atoms with Gasteiger partial charge in [0.15, 0.2) is 5.52 Å². The molecule has 2 aromatic heterocycles. The summed E-state index contributed by atoms with van der Waals surface area (Å²) in [4.78, 5) is 23.8. The van der Waals surface area contributed by atoms with Crippen molar-refractivity contribution >= 4 is 22.0 Å². The summed E-state index contributed by atoms with van der Waals surface area (Å²) in [6.07, 6.45) is 2.50. The summed E-state index contributed by atoms with van der Waals surface area (Å²) in [6.45, 7) is 9.38. The molecular weight excluding hydrogens is 492 g/mol. The van der Waals surface area contributed by atoms with Gasteiger partial charge in [0.1, 0.15) is 28.1 Å². The molecule has 5 rings (SSSR count). The first-order valence-corrected chi connectivity index (χ1v) is 14.3. The first-order chi connectivity index (χ1) is 17.9. The van der Waals surface area contributed by atoms with Crippen molar-refractivity contribution in [3.05, 3.63) is 34.2 Å². The lowest BCUT2D eigenvalue weighted by Gasteiger charge is -2.45. The number of nitrogens with one attached hydrogen (secondary N) is 1. The summed E-state index contributed by atoms with van der Waals surface area (Å²) in [5, 5.41) is 13.6. The third-order valence-electron chi connectivity index (χ3n) is 7.20. The Labute approximate surface area is 219 Å². The zero-order valence-corrected chi connectivity index (χ0v) is 22.6. The van der Waals surface area contributed by atoms with E-state index in [2.05, 4.69) is 21.9 Å². The summed E-state index contributed by atoms with van der Waals surface area (Å²) in [5.74, 6) is 2.09. The number of aromatic nitrogens is 4. The predicted molar refractivity (Wildman–Crippen MR) is 143 cm³/mol. The van der Waals surface area contributed by atoms with Crippen LogP contribution in [-0.2, 0) is 24.5 Å². The van der Waals surface area contributed by atoms with Crippen LogP contribution < -0.4 is 10.3 Å². The Morgan fingerprint density at radius 1 is 1.19 bits per heavy atom. The number of H-pyrrole nitrogens is 1. The molecule has 2 N–H and O–H groups in total. The molecule has 0 saturated carbocycles. The van der Waals surface area contributed by atoms with Crippen molar-refractivity contribution in [2.45, 2.75) is 38.0 Å². The highest BCUT2D eigenvalue weighted by Gasteiger charge is 2.36. The molecule has 37 heavy (non-hydrogen) atoms. The van der Waals surface area contributed by atoms with E-state index in [-0.39, 0.29) is 12.2 Å².